The van der Waals surface area contributed by atoms with Crippen LogP contribution in [0.15, 0.2) is 29.1 Å². The standard InChI is InChI=1S/C23H25F2N5O2/c1-14(31)28-9-7-19-16(13-28)23(32)30-22(26-19)11-20(27-30)21-4-2-3-8-29(21)12-15-5-6-17(24)18(25)10-15/h5-6,10-11,21,27H,2-4,7-9,12-13H2,1H3. The lowest BCUT2D eigenvalue weighted by molar-refractivity contribution is -0.129. The van der Waals surface area contributed by atoms with E-state index in [4.69, 9.17) is 4.98 Å². The third-order valence-corrected chi connectivity index (χ3v) is 6.57. The number of H-pyrrole nitrogens is 1. The summed E-state index contributed by atoms with van der Waals surface area (Å²) < 4.78 is 28.5. The summed E-state index contributed by atoms with van der Waals surface area (Å²) in [5.41, 5.74) is 3.29. The highest BCUT2D eigenvalue weighted by Crippen LogP contribution is 2.32. The summed E-state index contributed by atoms with van der Waals surface area (Å²) in [7, 11) is 0. The maximum absolute atomic E-state index is 13.7. The second-order valence-electron chi connectivity index (χ2n) is 8.67. The van der Waals surface area contributed by atoms with Gasteiger partial charge in [0.05, 0.1) is 29.5 Å². The number of nitrogens with zero attached hydrogens (tertiary/aromatic N) is 4. The summed E-state index contributed by atoms with van der Waals surface area (Å²) in [4.78, 5) is 33.5. The summed E-state index contributed by atoms with van der Waals surface area (Å²) in [6.45, 7) is 3.66. The van der Waals surface area contributed by atoms with Crippen LogP contribution in [0.1, 0.15) is 54.7 Å². The van der Waals surface area contributed by atoms with Gasteiger partial charge in [0.2, 0.25) is 5.91 Å². The first-order valence-corrected chi connectivity index (χ1v) is 11.0. The molecule has 1 amide bonds. The van der Waals surface area contributed by atoms with E-state index < -0.39 is 11.6 Å². The molecule has 1 atom stereocenters. The minimum Gasteiger partial charge on any atom is -0.338 e. The van der Waals surface area contributed by atoms with Crippen molar-refractivity contribution in [1.29, 1.82) is 0 Å². The first-order chi connectivity index (χ1) is 15.4. The van der Waals surface area contributed by atoms with Crippen molar-refractivity contribution in [3.05, 3.63) is 68.8 Å². The van der Waals surface area contributed by atoms with Crippen molar-refractivity contribution in [1.82, 2.24) is 24.4 Å². The Morgan fingerprint density at radius 1 is 1.19 bits per heavy atom. The van der Waals surface area contributed by atoms with Crippen LogP contribution < -0.4 is 5.56 Å². The summed E-state index contributed by atoms with van der Waals surface area (Å²) in [5, 5.41) is 3.23. The van der Waals surface area contributed by atoms with E-state index in [1.54, 1.807) is 11.0 Å². The molecule has 7 nitrogen and oxygen atoms in total. The number of aromatic amines is 1. The van der Waals surface area contributed by atoms with Gasteiger partial charge >= 0.3 is 0 Å². The van der Waals surface area contributed by atoms with Gasteiger partial charge in [-0.1, -0.05) is 12.5 Å². The lowest BCUT2D eigenvalue weighted by atomic mass is 9.98. The van der Waals surface area contributed by atoms with Crippen LogP contribution in [0, 0.1) is 11.6 Å². The van der Waals surface area contributed by atoms with Gasteiger partial charge in [-0.05, 0) is 37.1 Å². The van der Waals surface area contributed by atoms with Crippen molar-refractivity contribution in [2.24, 2.45) is 0 Å². The molecule has 2 aliphatic heterocycles. The molecule has 1 N–H and O–H groups in total. The number of likely N-dealkylation sites (tertiary alicyclic amines) is 1. The van der Waals surface area contributed by atoms with Gasteiger partial charge in [0.25, 0.3) is 5.56 Å². The molecule has 168 valence electrons. The minimum absolute atomic E-state index is 0.0173. The average molecular weight is 441 g/mol. The number of benzene rings is 1. The number of nitrogens with one attached hydrogen (secondary N) is 1. The molecule has 2 aromatic heterocycles. The summed E-state index contributed by atoms with van der Waals surface area (Å²) in [6.07, 6.45) is 3.52. The zero-order valence-electron chi connectivity index (χ0n) is 17.9. The topological polar surface area (TPSA) is 73.7 Å². The molecule has 32 heavy (non-hydrogen) atoms. The van der Waals surface area contributed by atoms with Crippen LogP contribution in [0.5, 0.6) is 0 Å². The Bertz CT molecular complexity index is 1250. The molecule has 5 rings (SSSR count). The lowest BCUT2D eigenvalue weighted by Gasteiger charge is -2.35. The molecule has 4 heterocycles. The van der Waals surface area contributed by atoms with Crippen molar-refractivity contribution < 1.29 is 13.6 Å². The highest BCUT2D eigenvalue weighted by atomic mass is 19.2. The Hall–Kier alpha value is -3.07. The number of piperidine rings is 1. The van der Waals surface area contributed by atoms with Gasteiger partial charge in [0, 0.05) is 32.5 Å². The largest absolute Gasteiger partial charge is 0.338 e. The predicted molar refractivity (Wildman–Crippen MR) is 114 cm³/mol. The fourth-order valence-corrected chi connectivity index (χ4v) is 4.84. The van der Waals surface area contributed by atoms with Crippen molar-refractivity contribution in [2.45, 2.75) is 51.7 Å². The van der Waals surface area contributed by atoms with E-state index in [9.17, 15) is 18.4 Å². The second kappa shape index (κ2) is 8.12. The lowest BCUT2D eigenvalue weighted by Crippen LogP contribution is -2.39. The van der Waals surface area contributed by atoms with Crippen molar-refractivity contribution in [2.75, 3.05) is 13.1 Å². The maximum atomic E-state index is 13.7. The van der Waals surface area contributed by atoms with Gasteiger partial charge in [-0.2, -0.15) is 0 Å². The van der Waals surface area contributed by atoms with Crippen LogP contribution in [0.3, 0.4) is 0 Å². The second-order valence-corrected chi connectivity index (χ2v) is 8.67. The Labute approximate surface area is 183 Å². The molecule has 3 aromatic rings. The quantitative estimate of drug-likeness (QED) is 0.678. The van der Waals surface area contributed by atoms with Crippen molar-refractivity contribution >= 4 is 11.6 Å². The van der Waals surface area contributed by atoms with Gasteiger partial charge in [0.15, 0.2) is 17.3 Å². The molecule has 0 bridgehead atoms. The van der Waals surface area contributed by atoms with Crippen LogP contribution in [-0.2, 0) is 24.3 Å². The first kappa shape index (κ1) is 20.8. The molecular weight excluding hydrogens is 416 g/mol. The van der Waals surface area contributed by atoms with Crippen LogP contribution in [0.2, 0.25) is 0 Å². The number of carbonyl (C=O) groups excluding carboxylic acids is 1. The summed E-state index contributed by atoms with van der Waals surface area (Å²) in [5.74, 6) is -1.75. The number of halogens is 2. The van der Waals surface area contributed by atoms with Gasteiger partial charge in [0.1, 0.15) is 0 Å². The molecule has 0 radical (unpaired) electrons. The van der Waals surface area contributed by atoms with Crippen molar-refractivity contribution in [3.8, 4) is 0 Å². The fraction of sp³-hybridized carbons (Fsp3) is 0.435. The molecule has 1 saturated heterocycles. The number of aromatic nitrogens is 3. The molecule has 1 unspecified atom stereocenters. The normalized spacial score (nSPS) is 19.3. The van der Waals surface area contributed by atoms with Crippen LogP contribution in [-0.4, -0.2) is 43.4 Å². The number of carbonyl (C=O) groups is 1. The fourth-order valence-electron chi connectivity index (χ4n) is 4.84. The number of fused-ring (bicyclic) bond motifs is 2. The Morgan fingerprint density at radius 2 is 2.03 bits per heavy atom. The van der Waals surface area contributed by atoms with E-state index in [0.717, 1.165) is 43.3 Å². The maximum Gasteiger partial charge on any atom is 0.277 e. The van der Waals surface area contributed by atoms with E-state index >= 15 is 0 Å². The molecule has 1 fully saturated rings. The highest BCUT2D eigenvalue weighted by Gasteiger charge is 2.28. The summed E-state index contributed by atoms with van der Waals surface area (Å²) in [6, 6.07) is 5.94. The minimum atomic E-state index is -0.850. The average Bonchev–Trinajstić information content (AvgIpc) is 3.21. The number of hydrogen-bond acceptors (Lipinski definition) is 4. The zero-order valence-corrected chi connectivity index (χ0v) is 17.9. The van der Waals surface area contributed by atoms with Crippen LogP contribution in [0.4, 0.5) is 8.78 Å². The Morgan fingerprint density at radius 3 is 2.81 bits per heavy atom. The van der Waals surface area contributed by atoms with Gasteiger partial charge in [-0.15, -0.1) is 0 Å². The molecule has 0 saturated carbocycles. The third-order valence-electron chi connectivity index (χ3n) is 6.57. The van der Waals surface area contributed by atoms with E-state index in [1.165, 1.54) is 17.5 Å². The van der Waals surface area contributed by atoms with E-state index in [1.807, 2.05) is 6.07 Å². The SMILES string of the molecule is CC(=O)N1CCc2nc3cc(C4CCCCN4Cc4ccc(F)c(F)c4)[nH]n3c(=O)c2C1. The molecule has 1 aromatic carbocycles. The van der Waals surface area contributed by atoms with Gasteiger partial charge in [-0.25, -0.2) is 18.3 Å². The molecular formula is C23H25F2N5O2. The molecule has 9 heteroatoms. The smallest absolute Gasteiger partial charge is 0.277 e. The number of hydrogen-bond donors (Lipinski definition) is 1. The van der Waals surface area contributed by atoms with Crippen LogP contribution >= 0.6 is 0 Å². The Balaban J connectivity index is 1.47. The Kier molecular flexibility index (Phi) is 5.28. The van der Waals surface area contributed by atoms with E-state index in [0.29, 0.717) is 36.3 Å². The van der Waals surface area contributed by atoms with Gasteiger partial charge in [-0.3, -0.25) is 19.6 Å². The van der Waals surface area contributed by atoms with Crippen molar-refractivity contribution in [3.63, 3.8) is 0 Å². The van der Waals surface area contributed by atoms with E-state index in [-0.39, 0.29) is 24.1 Å². The monoisotopic (exact) mass is 441 g/mol. The summed E-state index contributed by atoms with van der Waals surface area (Å²) >= 11 is 0. The van der Waals surface area contributed by atoms with Crippen LogP contribution in [0.25, 0.3) is 5.65 Å². The highest BCUT2D eigenvalue weighted by molar-refractivity contribution is 5.73. The molecule has 0 spiro atoms. The molecule has 2 aliphatic rings. The predicted octanol–water partition coefficient (Wildman–Crippen LogP) is 2.93. The van der Waals surface area contributed by atoms with Gasteiger partial charge < -0.3 is 4.90 Å². The number of amides is 1. The number of rotatable bonds is 3. The van der Waals surface area contributed by atoms with E-state index in [2.05, 4.69) is 10.00 Å². The zero-order chi connectivity index (χ0) is 22.4. The first-order valence-electron chi connectivity index (χ1n) is 11.0. The third kappa shape index (κ3) is 3.70. The molecule has 0 aliphatic carbocycles.